The number of hydrogen-bond donors (Lipinski definition) is 1. The molecule has 0 saturated carbocycles. The molecule has 0 aliphatic carbocycles. The van der Waals surface area contributed by atoms with Crippen molar-refractivity contribution in [2.24, 2.45) is 0 Å². The van der Waals surface area contributed by atoms with E-state index in [2.05, 4.69) is 10.5 Å². The van der Waals surface area contributed by atoms with Crippen LogP contribution >= 0.6 is 11.8 Å². The van der Waals surface area contributed by atoms with E-state index in [0.29, 0.717) is 12.3 Å². The molecule has 0 bridgehead atoms. The summed E-state index contributed by atoms with van der Waals surface area (Å²) in [5.41, 5.74) is 1.09. The summed E-state index contributed by atoms with van der Waals surface area (Å²) < 4.78 is 15.5. The fourth-order valence-electron chi connectivity index (χ4n) is 2.37. The van der Waals surface area contributed by atoms with Gasteiger partial charge in [0, 0.05) is 28.8 Å². The molecule has 0 saturated heterocycles. The molecule has 27 heavy (non-hydrogen) atoms. The number of benzene rings is 2. The summed E-state index contributed by atoms with van der Waals surface area (Å²) in [6.07, 6.45) is 0. The minimum atomic E-state index is -0.256. The van der Waals surface area contributed by atoms with Gasteiger partial charge in [0.1, 0.15) is 11.5 Å². The zero-order valence-electron chi connectivity index (χ0n) is 15.1. The Kier molecular flexibility index (Phi) is 6.38. The van der Waals surface area contributed by atoms with Crippen molar-refractivity contribution in [2.75, 3.05) is 26.5 Å². The van der Waals surface area contributed by atoms with Crippen LogP contribution in [0.25, 0.3) is 11.3 Å². The standard InChI is InChI=1S/C20H20N2O4S/c1-24-15-5-3-14(4-6-15)19-13-18(22-26-19)20(23)21-11-12-27-17-9-7-16(25-2)8-10-17/h3-10,13H,11-12H2,1-2H3,(H,21,23). The molecule has 1 aromatic heterocycles. The van der Waals surface area contributed by atoms with Crippen LogP contribution in [0.5, 0.6) is 11.5 Å². The van der Waals surface area contributed by atoms with E-state index in [9.17, 15) is 4.79 Å². The molecule has 7 heteroatoms. The molecule has 1 heterocycles. The molecule has 0 spiro atoms. The lowest BCUT2D eigenvalue weighted by atomic mass is 10.1. The molecule has 0 unspecified atom stereocenters. The summed E-state index contributed by atoms with van der Waals surface area (Å²) in [5, 5.41) is 6.70. The van der Waals surface area contributed by atoms with Gasteiger partial charge in [-0.25, -0.2) is 0 Å². The van der Waals surface area contributed by atoms with Crippen molar-refractivity contribution in [2.45, 2.75) is 4.90 Å². The van der Waals surface area contributed by atoms with Crippen LogP contribution in [-0.4, -0.2) is 37.6 Å². The van der Waals surface area contributed by atoms with Gasteiger partial charge in [0.05, 0.1) is 14.2 Å². The van der Waals surface area contributed by atoms with Gasteiger partial charge in [0.2, 0.25) is 0 Å². The number of aromatic nitrogens is 1. The first kappa shape index (κ1) is 18.8. The number of carbonyl (C=O) groups is 1. The molecule has 3 aromatic rings. The van der Waals surface area contributed by atoms with Crippen LogP contribution in [0.4, 0.5) is 0 Å². The molecule has 1 N–H and O–H groups in total. The fraction of sp³-hybridized carbons (Fsp3) is 0.200. The van der Waals surface area contributed by atoms with Crippen molar-refractivity contribution < 1.29 is 18.8 Å². The van der Waals surface area contributed by atoms with Crippen molar-refractivity contribution >= 4 is 17.7 Å². The van der Waals surface area contributed by atoms with Crippen molar-refractivity contribution in [3.8, 4) is 22.8 Å². The van der Waals surface area contributed by atoms with Crippen LogP contribution in [0, 0.1) is 0 Å². The van der Waals surface area contributed by atoms with Crippen LogP contribution in [0.3, 0.4) is 0 Å². The number of amides is 1. The molecule has 0 radical (unpaired) electrons. The number of hydrogen-bond acceptors (Lipinski definition) is 6. The molecule has 0 fully saturated rings. The third-order valence-electron chi connectivity index (χ3n) is 3.83. The summed E-state index contributed by atoms with van der Waals surface area (Å²) >= 11 is 1.66. The van der Waals surface area contributed by atoms with Gasteiger partial charge in [-0.2, -0.15) is 0 Å². The SMILES string of the molecule is COc1ccc(SCCNC(=O)c2cc(-c3ccc(OC)cc3)on2)cc1. The zero-order chi connectivity index (χ0) is 19.1. The van der Waals surface area contributed by atoms with Crippen molar-refractivity contribution in [3.63, 3.8) is 0 Å². The number of nitrogens with one attached hydrogen (secondary N) is 1. The minimum absolute atomic E-state index is 0.256. The van der Waals surface area contributed by atoms with E-state index < -0.39 is 0 Å². The number of ether oxygens (including phenoxy) is 2. The maximum atomic E-state index is 12.2. The van der Waals surface area contributed by atoms with Crippen LogP contribution in [-0.2, 0) is 0 Å². The van der Waals surface area contributed by atoms with Gasteiger partial charge in [0.15, 0.2) is 11.5 Å². The van der Waals surface area contributed by atoms with E-state index in [0.717, 1.165) is 27.7 Å². The summed E-state index contributed by atoms with van der Waals surface area (Å²) in [4.78, 5) is 13.3. The van der Waals surface area contributed by atoms with Gasteiger partial charge in [-0.05, 0) is 48.5 Å². The predicted octanol–water partition coefficient (Wildman–Crippen LogP) is 3.88. The normalized spacial score (nSPS) is 10.4. The molecule has 2 aromatic carbocycles. The van der Waals surface area contributed by atoms with Crippen LogP contribution in [0.1, 0.15) is 10.5 Å². The summed E-state index contributed by atoms with van der Waals surface area (Å²) in [7, 11) is 3.25. The van der Waals surface area contributed by atoms with E-state index >= 15 is 0 Å². The highest BCUT2D eigenvalue weighted by molar-refractivity contribution is 7.99. The first-order chi connectivity index (χ1) is 13.2. The summed E-state index contributed by atoms with van der Waals surface area (Å²) in [6, 6.07) is 16.8. The molecule has 1 amide bonds. The minimum Gasteiger partial charge on any atom is -0.497 e. The quantitative estimate of drug-likeness (QED) is 0.469. The van der Waals surface area contributed by atoms with Crippen LogP contribution in [0.2, 0.25) is 0 Å². The molecule has 0 aliphatic heterocycles. The molecule has 3 rings (SSSR count). The average Bonchev–Trinajstić information content (AvgIpc) is 3.22. The second-order valence-electron chi connectivity index (χ2n) is 5.58. The lowest BCUT2D eigenvalue weighted by molar-refractivity contribution is 0.0947. The third-order valence-corrected chi connectivity index (χ3v) is 4.85. The highest BCUT2D eigenvalue weighted by atomic mass is 32.2. The van der Waals surface area contributed by atoms with E-state index in [1.807, 2.05) is 48.5 Å². The van der Waals surface area contributed by atoms with E-state index in [1.165, 1.54) is 0 Å². The Hall–Kier alpha value is -2.93. The first-order valence-corrected chi connectivity index (χ1v) is 9.34. The van der Waals surface area contributed by atoms with Crippen LogP contribution in [0.15, 0.2) is 64.0 Å². The number of methoxy groups -OCH3 is 2. The Bertz CT molecular complexity index is 876. The lowest BCUT2D eigenvalue weighted by Crippen LogP contribution is -2.25. The topological polar surface area (TPSA) is 73.6 Å². The van der Waals surface area contributed by atoms with E-state index in [-0.39, 0.29) is 11.6 Å². The molecule has 140 valence electrons. The highest BCUT2D eigenvalue weighted by Crippen LogP contribution is 2.23. The Labute approximate surface area is 161 Å². The fourth-order valence-corrected chi connectivity index (χ4v) is 3.14. The Morgan fingerprint density at radius 3 is 2.30 bits per heavy atom. The summed E-state index contributed by atoms with van der Waals surface area (Å²) in [5.74, 6) is 2.61. The Morgan fingerprint density at radius 2 is 1.67 bits per heavy atom. The third kappa shape index (κ3) is 5.04. The summed E-state index contributed by atoms with van der Waals surface area (Å²) in [6.45, 7) is 0.528. The molecule has 0 aliphatic rings. The van der Waals surface area contributed by atoms with Gasteiger partial charge >= 0.3 is 0 Å². The van der Waals surface area contributed by atoms with E-state index in [4.69, 9.17) is 14.0 Å². The number of thioether (sulfide) groups is 1. The molecule has 0 atom stereocenters. The van der Waals surface area contributed by atoms with E-state index in [1.54, 1.807) is 32.0 Å². The van der Waals surface area contributed by atoms with Gasteiger partial charge in [-0.1, -0.05) is 5.16 Å². The van der Waals surface area contributed by atoms with Crippen LogP contribution < -0.4 is 14.8 Å². The molecule has 6 nitrogen and oxygen atoms in total. The van der Waals surface area contributed by atoms with Crippen molar-refractivity contribution in [1.29, 1.82) is 0 Å². The first-order valence-electron chi connectivity index (χ1n) is 8.36. The Morgan fingerprint density at radius 1 is 1.04 bits per heavy atom. The molecular formula is C20H20N2O4S. The van der Waals surface area contributed by atoms with Gasteiger partial charge in [0.25, 0.3) is 5.91 Å². The smallest absolute Gasteiger partial charge is 0.273 e. The van der Waals surface area contributed by atoms with Gasteiger partial charge in [-0.15, -0.1) is 11.8 Å². The number of rotatable bonds is 8. The number of nitrogens with zero attached hydrogens (tertiary/aromatic N) is 1. The van der Waals surface area contributed by atoms with Crippen molar-refractivity contribution in [3.05, 3.63) is 60.3 Å². The zero-order valence-corrected chi connectivity index (χ0v) is 15.9. The largest absolute Gasteiger partial charge is 0.497 e. The monoisotopic (exact) mass is 384 g/mol. The van der Waals surface area contributed by atoms with Crippen molar-refractivity contribution in [1.82, 2.24) is 10.5 Å². The van der Waals surface area contributed by atoms with Gasteiger partial charge in [-0.3, -0.25) is 4.79 Å². The second kappa shape index (κ2) is 9.14. The predicted molar refractivity (Wildman–Crippen MR) is 105 cm³/mol. The number of carbonyl (C=O) groups excluding carboxylic acids is 1. The molecular weight excluding hydrogens is 364 g/mol. The maximum Gasteiger partial charge on any atom is 0.273 e. The Balaban J connectivity index is 1.48. The van der Waals surface area contributed by atoms with Gasteiger partial charge < -0.3 is 19.3 Å². The average molecular weight is 384 g/mol. The highest BCUT2D eigenvalue weighted by Gasteiger charge is 2.13. The maximum absolute atomic E-state index is 12.2. The second-order valence-corrected chi connectivity index (χ2v) is 6.75. The lowest BCUT2D eigenvalue weighted by Gasteiger charge is -2.04.